The second-order valence-corrected chi connectivity index (χ2v) is 17.2. The van der Waals surface area contributed by atoms with Gasteiger partial charge in [-0.05, 0) is 89.6 Å². The quantitative estimate of drug-likeness (QED) is 0.179. The molecular weight excluding hydrogens is 673 g/mol. The standard InChI is InChI=1S/C30H30Br2N3O3PS/c1-5-35-27-9-7-6-8-24(27)25-19-22(13-16-28(25)35)39(30(2,3)4,38-29-17-10-20(31)18-26(29)32)34-21-11-14-23(15-12-21)40(33,36)37/h6-19H,5H2,1-4H3,(H2,33,36,37)/t39-/m0/s1. The molecule has 1 heterocycles. The Bertz CT molecular complexity index is 1910. The third-order valence-electron chi connectivity index (χ3n) is 6.88. The summed E-state index contributed by atoms with van der Waals surface area (Å²) in [6, 6.07) is 27.1. The molecule has 0 aliphatic heterocycles. The number of halogens is 2. The molecule has 0 amide bonds. The summed E-state index contributed by atoms with van der Waals surface area (Å²) in [4.78, 5) is 0.0384. The fourth-order valence-electron chi connectivity index (χ4n) is 4.93. The van der Waals surface area contributed by atoms with Gasteiger partial charge in [-0.25, -0.2) is 18.3 Å². The van der Waals surface area contributed by atoms with Gasteiger partial charge in [0.25, 0.3) is 0 Å². The van der Waals surface area contributed by atoms with Crippen LogP contribution in [0.4, 0.5) is 5.69 Å². The molecule has 1 atom stereocenters. The fraction of sp³-hybridized carbons (Fsp3) is 0.200. The van der Waals surface area contributed by atoms with Crippen LogP contribution in [0.1, 0.15) is 27.7 Å². The number of fused-ring (bicyclic) bond motifs is 3. The summed E-state index contributed by atoms with van der Waals surface area (Å²) < 4.78 is 40.2. The van der Waals surface area contributed by atoms with Crippen molar-refractivity contribution in [2.75, 3.05) is 0 Å². The first-order chi connectivity index (χ1) is 18.8. The van der Waals surface area contributed by atoms with Gasteiger partial charge in [0.1, 0.15) is 5.75 Å². The number of benzene rings is 4. The molecule has 0 aliphatic carbocycles. The molecule has 2 N–H and O–H groups in total. The van der Waals surface area contributed by atoms with Gasteiger partial charge >= 0.3 is 0 Å². The zero-order valence-corrected chi connectivity index (χ0v) is 27.5. The maximum absolute atomic E-state index is 11.9. The third kappa shape index (κ3) is 5.30. The third-order valence-corrected chi connectivity index (χ3v) is 12.7. The van der Waals surface area contributed by atoms with Crippen molar-refractivity contribution in [1.29, 1.82) is 0 Å². The van der Waals surface area contributed by atoms with E-state index in [0.717, 1.165) is 31.7 Å². The number of hydrogen-bond acceptors (Lipinski definition) is 4. The van der Waals surface area contributed by atoms with E-state index in [-0.39, 0.29) is 4.90 Å². The van der Waals surface area contributed by atoms with Gasteiger partial charge in [0.15, 0.2) is 7.28 Å². The minimum absolute atomic E-state index is 0.0384. The van der Waals surface area contributed by atoms with Crippen molar-refractivity contribution in [3.05, 3.63) is 93.9 Å². The molecule has 0 aliphatic rings. The maximum Gasteiger partial charge on any atom is 0.238 e. The van der Waals surface area contributed by atoms with Crippen LogP contribution in [-0.2, 0) is 16.6 Å². The Labute approximate surface area is 252 Å². The molecule has 0 unspecified atom stereocenters. The minimum atomic E-state index is -3.82. The van der Waals surface area contributed by atoms with Crippen LogP contribution >= 0.6 is 39.1 Å². The summed E-state index contributed by atoms with van der Waals surface area (Å²) in [6.07, 6.45) is 0. The van der Waals surface area contributed by atoms with Gasteiger partial charge in [-0.3, -0.25) is 0 Å². The molecular formula is C30H30Br2N3O3PS. The number of nitrogens with two attached hydrogens (primary N) is 1. The van der Waals surface area contributed by atoms with Crippen LogP contribution in [0.5, 0.6) is 5.75 Å². The zero-order chi connectivity index (χ0) is 28.9. The van der Waals surface area contributed by atoms with Crippen LogP contribution in [0.3, 0.4) is 0 Å². The van der Waals surface area contributed by atoms with Gasteiger partial charge in [0, 0.05) is 43.3 Å². The summed E-state index contributed by atoms with van der Waals surface area (Å²) in [5, 5.41) is 8.21. The van der Waals surface area contributed by atoms with Crippen LogP contribution in [-0.4, -0.2) is 18.1 Å². The van der Waals surface area contributed by atoms with Crippen molar-refractivity contribution in [3.8, 4) is 5.75 Å². The number of nitrogens with zero attached hydrogens (tertiary/aromatic N) is 2. The Morgan fingerprint density at radius 2 is 1.57 bits per heavy atom. The van der Waals surface area contributed by atoms with Gasteiger partial charge in [-0.15, -0.1) is 0 Å². The van der Waals surface area contributed by atoms with E-state index in [1.165, 1.54) is 23.0 Å². The zero-order valence-electron chi connectivity index (χ0n) is 22.6. The number of aryl methyl sites for hydroxylation is 1. The first-order valence-corrected chi connectivity index (χ1v) is 17.5. The van der Waals surface area contributed by atoms with Gasteiger partial charge in [0.2, 0.25) is 10.0 Å². The Hall–Kier alpha value is -2.42. The molecule has 5 rings (SSSR count). The largest absolute Gasteiger partial charge is 0.454 e. The van der Waals surface area contributed by atoms with Crippen molar-refractivity contribution in [1.82, 2.24) is 4.57 Å². The SMILES string of the molecule is CCn1c2ccccc2c2cc([P@](=Nc3ccc(S(N)(=O)=O)cc3)(Oc3ccc(Br)cc3Br)C(C)(C)C)ccc21. The summed E-state index contributed by atoms with van der Waals surface area (Å²) in [5.41, 5.74) is 2.95. The molecule has 4 aromatic carbocycles. The van der Waals surface area contributed by atoms with Gasteiger partial charge in [0.05, 0.1) is 15.1 Å². The fourth-order valence-corrected chi connectivity index (χ4v) is 9.79. The van der Waals surface area contributed by atoms with Crippen molar-refractivity contribution in [2.45, 2.75) is 44.3 Å². The molecule has 0 bridgehead atoms. The first kappa shape index (κ1) is 29.1. The van der Waals surface area contributed by atoms with Crippen LogP contribution in [0.25, 0.3) is 21.8 Å². The number of hydrogen-bond donors (Lipinski definition) is 1. The molecule has 0 saturated heterocycles. The lowest BCUT2D eigenvalue weighted by Gasteiger charge is -2.37. The Kier molecular flexibility index (Phi) is 7.83. The first-order valence-electron chi connectivity index (χ1n) is 12.8. The lowest BCUT2D eigenvalue weighted by molar-refractivity contribution is 0.568. The minimum Gasteiger partial charge on any atom is -0.454 e. The Morgan fingerprint density at radius 3 is 2.20 bits per heavy atom. The average molecular weight is 703 g/mol. The maximum atomic E-state index is 11.9. The van der Waals surface area contributed by atoms with E-state index in [2.05, 4.69) is 107 Å². The van der Waals surface area contributed by atoms with E-state index in [9.17, 15) is 8.42 Å². The molecule has 0 fully saturated rings. The molecule has 0 radical (unpaired) electrons. The molecule has 0 spiro atoms. The van der Waals surface area contributed by atoms with E-state index >= 15 is 0 Å². The highest BCUT2D eigenvalue weighted by Crippen LogP contribution is 2.63. The van der Waals surface area contributed by atoms with E-state index in [0.29, 0.717) is 11.4 Å². The average Bonchev–Trinajstić information content (AvgIpc) is 3.22. The van der Waals surface area contributed by atoms with Crippen LogP contribution in [0.15, 0.2) is 104 Å². The highest BCUT2D eigenvalue weighted by Gasteiger charge is 2.39. The molecule has 10 heteroatoms. The van der Waals surface area contributed by atoms with Gasteiger partial charge in [-0.2, -0.15) is 0 Å². The van der Waals surface area contributed by atoms with Gasteiger partial charge < -0.3 is 9.09 Å². The topological polar surface area (TPSA) is 86.7 Å². The summed E-state index contributed by atoms with van der Waals surface area (Å²) in [5.74, 6) is 0.674. The van der Waals surface area contributed by atoms with Crippen LogP contribution in [0.2, 0.25) is 0 Å². The number of sulfonamides is 1. The van der Waals surface area contributed by atoms with Crippen molar-refractivity contribution in [3.63, 3.8) is 0 Å². The number of aromatic nitrogens is 1. The Morgan fingerprint density at radius 1 is 0.900 bits per heavy atom. The molecule has 40 heavy (non-hydrogen) atoms. The molecule has 208 valence electrons. The van der Waals surface area contributed by atoms with Crippen molar-refractivity contribution >= 4 is 82.0 Å². The number of rotatable bonds is 6. The second kappa shape index (κ2) is 10.8. The van der Waals surface area contributed by atoms with Crippen molar-refractivity contribution < 1.29 is 12.9 Å². The lowest BCUT2D eigenvalue weighted by Crippen LogP contribution is -2.27. The molecule has 5 aromatic rings. The normalized spacial score (nSPS) is 13.9. The Balaban J connectivity index is 1.84. The highest BCUT2D eigenvalue weighted by molar-refractivity contribution is 9.11. The van der Waals surface area contributed by atoms with Gasteiger partial charge in [-0.1, -0.05) is 54.9 Å². The second-order valence-electron chi connectivity index (χ2n) is 10.5. The van der Waals surface area contributed by atoms with Crippen molar-refractivity contribution in [2.24, 2.45) is 9.88 Å². The predicted molar refractivity (Wildman–Crippen MR) is 174 cm³/mol. The van der Waals surface area contributed by atoms with Crippen LogP contribution < -0.4 is 15.0 Å². The molecule has 6 nitrogen and oxygen atoms in total. The predicted octanol–water partition coefficient (Wildman–Crippen LogP) is 8.94. The molecule has 0 saturated carbocycles. The smallest absolute Gasteiger partial charge is 0.238 e. The van der Waals surface area contributed by atoms with Crippen LogP contribution in [0, 0.1) is 0 Å². The van der Waals surface area contributed by atoms with E-state index < -0.39 is 22.5 Å². The lowest BCUT2D eigenvalue weighted by atomic mass is 10.1. The number of primary sulfonamides is 1. The molecule has 1 aromatic heterocycles. The van der Waals surface area contributed by atoms with E-state index in [4.69, 9.17) is 14.4 Å². The summed E-state index contributed by atoms with van der Waals surface area (Å²) in [7, 11) is -6.69. The van der Waals surface area contributed by atoms with E-state index in [1.54, 1.807) is 12.1 Å². The monoisotopic (exact) mass is 701 g/mol. The highest BCUT2D eigenvalue weighted by atomic mass is 79.9. The summed E-state index contributed by atoms with van der Waals surface area (Å²) in [6.45, 7) is 9.41. The van der Waals surface area contributed by atoms with E-state index in [1.807, 2.05) is 18.2 Å². The summed E-state index contributed by atoms with van der Waals surface area (Å²) >= 11 is 7.21. The number of para-hydroxylation sites is 1.